The van der Waals surface area contributed by atoms with Crippen molar-refractivity contribution in [3.05, 3.63) is 34.4 Å². The number of nitrogens with zero attached hydrogens (tertiary/aromatic N) is 3. The Morgan fingerprint density at radius 1 is 1.52 bits per heavy atom. The highest BCUT2D eigenvalue weighted by Gasteiger charge is 2.23. The van der Waals surface area contributed by atoms with Crippen LogP contribution in [0.3, 0.4) is 0 Å². The van der Waals surface area contributed by atoms with Gasteiger partial charge in [0.1, 0.15) is 0 Å². The fraction of sp³-hybridized carbons (Fsp3) is 0.308. The van der Waals surface area contributed by atoms with Crippen LogP contribution in [0.4, 0.5) is 0 Å². The highest BCUT2D eigenvalue weighted by Crippen LogP contribution is 2.19. The quantitative estimate of drug-likeness (QED) is 0.836. The molecule has 112 valence electrons. The first-order chi connectivity index (χ1) is 9.93. The number of sulfonamides is 1. The minimum atomic E-state index is -3.57. The Labute approximate surface area is 128 Å². The summed E-state index contributed by atoms with van der Waals surface area (Å²) in [5.74, 6) is 5.69. The molecule has 2 heterocycles. The summed E-state index contributed by atoms with van der Waals surface area (Å²) in [7, 11) is -0.305. The Morgan fingerprint density at radius 2 is 2.29 bits per heavy atom. The maximum atomic E-state index is 12.3. The van der Waals surface area contributed by atoms with Gasteiger partial charge in [0.05, 0.1) is 12.9 Å². The Balaban J connectivity index is 2.14. The molecule has 0 bridgehead atoms. The average Bonchev–Trinajstić information content (AvgIpc) is 3.05. The Kier molecular flexibility index (Phi) is 4.80. The summed E-state index contributed by atoms with van der Waals surface area (Å²) < 4.78 is 27.6. The van der Waals surface area contributed by atoms with Gasteiger partial charge >= 0.3 is 0 Å². The summed E-state index contributed by atoms with van der Waals surface area (Å²) in [6, 6.07) is 1.87. The van der Waals surface area contributed by atoms with Crippen molar-refractivity contribution in [3.8, 4) is 11.8 Å². The van der Waals surface area contributed by atoms with Crippen LogP contribution in [0.1, 0.15) is 10.4 Å². The normalized spacial score (nSPS) is 11.4. The third kappa shape index (κ3) is 3.71. The molecule has 0 spiro atoms. The van der Waals surface area contributed by atoms with E-state index >= 15 is 0 Å². The van der Waals surface area contributed by atoms with E-state index in [-0.39, 0.29) is 11.6 Å². The fourth-order valence-electron chi connectivity index (χ4n) is 1.67. The molecule has 0 atom stereocenters. The molecular formula is C13H16N4O2S2. The number of hydrogen-bond acceptors (Lipinski definition) is 5. The first-order valence-electron chi connectivity index (χ1n) is 6.14. The van der Waals surface area contributed by atoms with Crippen molar-refractivity contribution in [2.75, 3.05) is 13.6 Å². The molecule has 0 fully saturated rings. The van der Waals surface area contributed by atoms with Crippen molar-refractivity contribution in [2.45, 2.75) is 11.6 Å². The van der Waals surface area contributed by atoms with Crippen molar-refractivity contribution in [3.63, 3.8) is 0 Å². The van der Waals surface area contributed by atoms with Crippen LogP contribution >= 0.6 is 11.3 Å². The van der Waals surface area contributed by atoms with Crippen LogP contribution in [0.5, 0.6) is 0 Å². The van der Waals surface area contributed by atoms with E-state index in [0.29, 0.717) is 6.54 Å². The number of hydrogen-bond donors (Lipinski definition) is 1. The molecule has 8 heteroatoms. The zero-order valence-corrected chi connectivity index (χ0v) is 13.4. The summed E-state index contributed by atoms with van der Waals surface area (Å²) in [4.78, 5) is 4.81. The Hall–Kier alpha value is -1.66. The molecule has 0 saturated heterocycles. The van der Waals surface area contributed by atoms with E-state index in [9.17, 15) is 8.42 Å². The van der Waals surface area contributed by atoms with Gasteiger partial charge in [0.2, 0.25) is 0 Å². The van der Waals surface area contributed by atoms with Gasteiger partial charge in [0.15, 0.2) is 5.03 Å². The molecular weight excluding hydrogens is 308 g/mol. The van der Waals surface area contributed by atoms with E-state index in [4.69, 9.17) is 5.73 Å². The smallest absolute Gasteiger partial charge is 0.262 e. The molecule has 0 aliphatic heterocycles. The van der Waals surface area contributed by atoms with E-state index in [1.165, 1.54) is 35.2 Å². The second-order valence-electron chi connectivity index (χ2n) is 4.45. The summed E-state index contributed by atoms with van der Waals surface area (Å²) in [5.41, 5.74) is 6.17. The summed E-state index contributed by atoms with van der Waals surface area (Å²) in [6.45, 7) is 0.590. The van der Waals surface area contributed by atoms with Gasteiger partial charge in [-0.3, -0.25) is 0 Å². The second-order valence-corrected chi connectivity index (χ2v) is 7.43. The van der Waals surface area contributed by atoms with Gasteiger partial charge in [-0.1, -0.05) is 11.8 Å². The molecule has 2 N–H and O–H groups in total. The highest BCUT2D eigenvalue weighted by atomic mass is 32.2. The Bertz CT molecular complexity index is 780. The minimum Gasteiger partial charge on any atom is -0.339 e. The fourth-order valence-corrected chi connectivity index (χ4v) is 3.73. The zero-order valence-electron chi connectivity index (χ0n) is 11.8. The number of aryl methyl sites for hydroxylation is 1. The van der Waals surface area contributed by atoms with Crippen molar-refractivity contribution in [2.24, 2.45) is 12.8 Å². The molecule has 2 aromatic rings. The maximum absolute atomic E-state index is 12.3. The second kappa shape index (κ2) is 6.41. The molecule has 0 amide bonds. The molecule has 2 aromatic heterocycles. The van der Waals surface area contributed by atoms with Gasteiger partial charge in [0, 0.05) is 42.7 Å². The molecule has 21 heavy (non-hydrogen) atoms. The first kappa shape index (κ1) is 15.7. The van der Waals surface area contributed by atoms with E-state index in [1.807, 2.05) is 11.4 Å². The molecule has 6 nitrogen and oxygen atoms in total. The standard InChI is InChI=1S/C13H16N4O2S2/c1-16-8-13(15-10-16)21(18,19)17(2)7-12-6-11(9-20-12)4-3-5-14/h6,8-10H,5,7,14H2,1-2H3. The van der Waals surface area contributed by atoms with Crippen LogP contribution in [0, 0.1) is 11.8 Å². The number of aromatic nitrogens is 2. The lowest BCUT2D eigenvalue weighted by Gasteiger charge is -2.14. The lowest BCUT2D eigenvalue weighted by molar-refractivity contribution is 0.467. The molecule has 0 radical (unpaired) electrons. The predicted octanol–water partition coefficient (Wildman–Crippen LogP) is 0.612. The predicted molar refractivity (Wildman–Crippen MR) is 82.1 cm³/mol. The summed E-state index contributed by atoms with van der Waals surface area (Å²) in [6.07, 6.45) is 2.95. The van der Waals surface area contributed by atoms with Crippen LogP contribution < -0.4 is 5.73 Å². The number of nitrogens with two attached hydrogens (primary N) is 1. The van der Waals surface area contributed by atoms with Crippen molar-refractivity contribution in [1.29, 1.82) is 0 Å². The lowest BCUT2D eigenvalue weighted by atomic mass is 10.3. The maximum Gasteiger partial charge on any atom is 0.262 e. The average molecular weight is 324 g/mol. The number of rotatable bonds is 4. The molecule has 0 aromatic carbocycles. The van der Waals surface area contributed by atoms with Crippen LogP contribution in [0.15, 0.2) is 29.0 Å². The van der Waals surface area contributed by atoms with Gasteiger partial charge in [-0.05, 0) is 6.07 Å². The van der Waals surface area contributed by atoms with Crippen LogP contribution in [0.2, 0.25) is 0 Å². The van der Waals surface area contributed by atoms with Crippen LogP contribution in [0.25, 0.3) is 0 Å². The van der Waals surface area contributed by atoms with E-state index in [2.05, 4.69) is 16.8 Å². The van der Waals surface area contributed by atoms with Crippen molar-refractivity contribution >= 4 is 21.4 Å². The monoisotopic (exact) mass is 324 g/mol. The summed E-state index contributed by atoms with van der Waals surface area (Å²) in [5, 5.41) is 1.94. The minimum absolute atomic E-state index is 0.0483. The molecule has 2 rings (SSSR count). The van der Waals surface area contributed by atoms with Gasteiger partial charge in [0.25, 0.3) is 10.0 Å². The van der Waals surface area contributed by atoms with Crippen molar-refractivity contribution in [1.82, 2.24) is 13.9 Å². The molecule has 0 saturated carbocycles. The van der Waals surface area contributed by atoms with Gasteiger partial charge < -0.3 is 10.3 Å². The highest BCUT2D eigenvalue weighted by molar-refractivity contribution is 7.89. The molecule has 0 aliphatic carbocycles. The van der Waals surface area contributed by atoms with Gasteiger partial charge in [-0.2, -0.15) is 4.31 Å². The van der Waals surface area contributed by atoms with E-state index in [0.717, 1.165) is 10.4 Å². The third-order valence-corrected chi connectivity index (χ3v) is 5.33. The van der Waals surface area contributed by atoms with E-state index in [1.54, 1.807) is 11.6 Å². The van der Waals surface area contributed by atoms with Crippen LogP contribution in [-0.2, 0) is 23.6 Å². The topological polar surface area (TPSA) is 81.2 Å². The third-order valence-electron chi connectivity index (χ3n) is 2.72. The first-order valence-corrected chi connectivity index (χ1v) is 8.46. The largest absolute Gasteiger partial charge is 0.339 e. The van der Waals surface area contributed by atoms with Crippen LogP contribution in [-0.4, -0.2) is 35.9 Å². The lowest BCUT2D eigenvalue weighted by Crippen LogP contribution is -2.26. The number of thiophene rings is 1. The van der Waals surface area contributed by atoms with Gasteiger partial charge in [-0.25, -0.2) is 13.4 Å². The molecule has 0 aliphatic rings. The number of imidazole rings is 1. The zero-order chi connectivity index (χ0) is 15.5. The SMILES string of the molecule is CN(Cc1cc(C#CCN)cs1)S(=O)(=O)c1cn(C)cn1. The summed E-state index contributed by atoms with van der Waals surface area (Å²) >= 11 is 1.47. The van der Waals surface area contributed by atoms with Gasteiger partial charge in [-0.15, -0.1) is 11.3 Å². The van der Waals surface area contributed by atoms with E-state index < -0.39 is 10.0 Å². The molecule has 0 unspecified atom stereocenters. The van der Waals surface area contributed by atoms with Crippen molar-refractivity contribution < 1.29 is 8.42 Å². The Morgan fingerprint density at radius 3 is 2.90 bits per heavy atom.